The number of hydrogen-bond donors (Lipinski definition) is 0. The molecule has 3 aromatic carbocycles. The monoisotopic (exact) mass is 549 g/mol. The lowest BCUT2D eigenvalue weighted by atomic mass is 9.86. The molecule has 5 heteroatoms. The highest BCUT2D eigenvalue weighted by molar-refractivity contribution is 6.00. The molecule has 0 atom stereocenters. The Balaban J connectivity index is 1.39. The van der Waals surface area contributed by atoms with Gasteiger partial charge in [-0.1, -0.05) is 65.4 Å². The molecule has 0 saturated heterocycles. The second-order valence-electron chi connectivity index (χ2n) is 13.3. The summed E-state index contributed by atoms with van der Waals surface area (Å²) < 4.78 is 12.6. The maximum atomic E-state index is 13.7. The highest BCUT2D eigenvalue weighted by atomic mass is 16.3. The van der Waals surface area contributed by atoms with E-state index >= 15 is 0 Å². The fourth-order valence-electron chi connectivity index (χ4n) is 7.26. The maximum Gasteiger partial charge on any atom is 0.200 e. The van der Waals surface area contributed by atoms with E-state index in [0.29, 0.717) is 56.0 Å². The highest BCUT2D eigenvalue weighted by Crippen LogP contribution is 2.36. The lowest BCUT2D eigenvalue weighted by molar-refractivity contribution is 0.340. The molecule has 2 heterocycles. The molecule has 0 bridgehead atoms. The van der Waals surface area contributed by atoms with E-state index in [1.807, 2.05) is 24.3 Å². The van der Waals surface area contributed by atoms with Crippen molar-refractivity contribution >= 4 is 49.6 Å². The molecule has 0 radical (unpaired) electrons. The van der Waals surface area contributed by atoms with Crippen molar-refractivity contribution in [2.24, 2.45) is 0 Å². The van der Waals surface area contributed by atoms with E-state index in [1.54, 1.807) is 12.1 Å². The average molecular weight is 550 g/mol. The smallest absolute Gasteiger partial charge is 0.200 e. The molecule has 5 aromatic rings. The number of anilines is 1. The van der Waals surface area contributed by atoms with Crippen molar-refractivity contribution in [2.75, 3.05) is 4.90 Å². The molecule has 2 aliphatic carbocycles. The first-order valence-electron chi connectivity index (χ1n) is 15.5. The molecule has 0 amide bonds. The second kappa shape index (κ2) is 10.0. The zero-order valence-electron chi connectivity index (χ0n) is 24.4. The standard InChI is InChI=1S/C36H39NO4/c1-36(2,3)22-14-17-30-27(18-22)35(39)29-21-33-28(20-32(29)40-30)34(38)26-16-15-25(19-31(26)41-33)37(23-10-6-4-7-11-23)24-12-8-5-9-13-24/h14-21,23-24H,4-13H2,1-3H3. The van der Waals surface area contributed by atoms with Gasteiger partial charge in [-0.2, -0.15) is 0 Å². The van der Waals surface area contributed by atoms with Crippen LogP contribution in [0.1, 0.15) is 90.5 Å². The number of benzene rings is 3. The lowest BCUT2D eigenvalue weighted by Gasteiger charge is -2.43. The summed E-state index contributed by atoms with van der Waals surface area (Å²) in [5.74, 6) is 0. The van der Waals surface area contributed by atoms with E-state index in [4.69, 9.17) is 8.83 Å². The summed E-state index contributed by atoms with van der Waals surface area (Å²) in [7, 11) is 0. The Hall–Kier alpha value is -3.60. The Morgan fingerprint density at radius 3 is 1.68 bits per heavy atom. The van der Waals surface area contributed by atoms with Gasteiger partial charge in [0.1, 0.15) is 22.3 Å². The Morgan fingerprint density at radius 2 is 1.10 bits per heavy atom. The van der Waals surface area contributed by atoms with Crippen LogP contribution in [0, 0.1) is 0 Å². The largest absolute Gasteiger partial charge is 0.456 e. The van der Waals surface area contributed by atoms with Crippen molar-refractivity contribution < 1.29 is 8.83 Å². The zero-order chi connectivity index (χ0) is 28.3. The van der Waals surface area contributed by atoms with E-state index < -0.39 is 0 Å². The third kappa shape index (κ3) is 4.64. The lowest BCUT2D eigenvalue weighted by Crippen LogP contribution is -2.45. The first-order valence-corrected chi connectivity index (χ1v) is 15.5. The molecule has 2 aliphatic rings. The van der Waals surface area contributed by atoms with Crippen molar-refractivity contribution in [3.8, 4) is 0 Å². The van der Waals surface area contributed by atoms with Gasteiger partial charge in [0, 0.05) is 23.8 Å². The van der Waals surface area contributed by atoms with Crippen molar-refractivity contribution in [3.63, 3.8) is 0 Å². The van der Waals surface area contributed by atoms with Gasteiger partial charge in [-0.25, -0.2) is 0 Å². The summed E-state index contributed by atoms with van der Waals surface area (Å²) in [6, 6.07) is 16.4. The van der Waals surface area contributed by atoms with Crippen LogP contribution in [0.5, 0.6) is 0 Å². The van der Waals surface area contributed by atoms with Crippen LogP contribution in [0.3, 0.4) is 0 Å². The third-order valence-corrected chi connectivity index (χ3v) is 9.55. The number of hydrogen-bond acceptors (Lipinski definition) is 5. The van der Waals surface area contributed by atoms with Gasteiger partial charge in [0.2, 0.25) is 10.9 Å². The number of nitrogens with zero attached hydrogens (tertiary/aromatic N) is 1. The minimum atomic E-state index is -0.105. The zero-order valence-corrected chi connectivity index (χ0v) is 24.4. The van der Waals surface area contributed by atoms with Gasteiger partial charge < -0.3 is 13.7 Å². The summed E-state index contributed by atoms with van der Waals surface area (Å²) in [6.45, 7) is 6.38. The van der Waals surface area contributed by atoms with E-state index in [9.17, 15) is 9.59 Å². The van der Waals surface area contributed by atoms with Crippen molar-refractivity contribution in [1.82, 2.24) is 0 Å². The summed E-state index contributed by atoms with van der Waals surface area (Å²) in [5, 5.41) is 1.97. The van der Waals surface area contributed by atoms with Gasteiger partial charge in [-0.05, 0) is 73.1 Å². The van der Waals surface area contributed by atoms with Gasteiger partial charge in [0.05, 0.1) is 21.5 Å². The highest BCUT2D eigenvalue weighted by Gasteiger charge is 2.29. The van der Waals surface area contributed by atoms with Crippen LogP contribution < -0.4 is 15.8 Å². The summed E-state index contributed by atoms with van der Waals surface area (Å²) in [6.07, 6.45) is 12.7. The second-order valence-corrected chi connectivity index (χ2v) is 13.3. The van der Waals surface area contributed by atoms with Gasteiger partial charge >= 0.3 is 0 Å². The maximum absolute atomic E-state index is 13.7. The molecule has 0 aliphatic heterocycles. The van der Waals surface area contributed by atoms with E-state index in [1.165, 1.54) is 64.2 Å². The van der Waals surface area contributed by atoms with Crippen LogP contribution in [0.2, 0.25) is 0 Å². The molecule has 2 aromatic heterocycles. The van der Waals surface area contributed by atoms with Gasteiger partial charge in [-0.15, -0.1) is 0 Å². The SMILES string of the molecule is CC(C)(C)c1ccc2oc3cc4c(=O)c5ccc(N(C6CCCCC6)C6CCCCC6)cc5oc4cc3c(=O)c2c1. The first kappa shape index (κ1) is 26.3. The quantitative estimate of drug-likeness (QED) is 0.210. The van der Waals surface area contributed by atoms with Gasteiger partial charge in [0.15, 0.2) is 0 Å². The average Bonchev–Trinajstić information content (AvgIpc) is 2.97. The van der Waals surface area contributed by atoms with E-state index in [2.05, 4.69) is 37.8 Å². The molecular formula is C36H39NO4. The minimum Gasteiger partial charge on any atom is -0.456 e. The molecule has 41 heavy (non-hydrogen) atoms. The summed E-state index contributed by atoms with van der Waals surface area (Å²) >= 11 is 0. The van der Waals surface area contributed by atoms with Crippen LogP contribution in [0.4, 0.5) is 5.69 Å². The van der Waals surface area contributed by atoms with Crippen molar-refractivity contribution in [2.45, 2.75) is 102 Å². The molecule has 212 valence electrons. The Morgan fingerprint density at radius 1 is 0.585 bits per heavy atom. The first-order chi connectivity index (χ1) is 19.8. The molecular weight excluding hydrogens is 510 g/mol. The van der Waals surface area contributed by atoms with E-state index in [-0.39, 0.29) is 16.3 Å². The molecule has 0 unspecified atom stereocenters. The van der Waals surface area contributed by atoms with Gasteiger partial charge in [-0.3, -0.25) is 9.59 Å². The van der Waals surface area contributed by atoms with Crippen LogP contribution in [0.25, 0.3) is 43.9 Å². The fraction of sp³-hybridized carbons (Fsp3) is 0.444. The molecule has 0 N–H and O–H groups in total. The number of rotatable bonds is 3. The van der Waals surface area contributed by atoms with Crippen molar-refractivity contribution in [3.05, 3.63) is 74.5 Å². The predicted octanol–water partition coefficient (Wildman–Crippen LogP) is 8.98. The minimum absolute atomic E-state index is 0.0917. The fourth-order valence-corrected chi connectivity index (χ4v) is 7.26. The Labute approximate surface area is 240 Å². The van der Waals surface area contributed by atoms with Crippen molar-refractivity contribution in [1.29, 1.82) is 0 Å². The normalized spacial score (nSPS) is 17.6. The molecule has 2 saturated carbocycles. The van der Waals surface area contributed by atoms with E-state index in [0.717, 1.165) is 11.3 Å². The summed E-state index contributed by atoms with van der Waals surface area (Å²) in [4.78, 5) is 30.1. The number of fused-ring (bicyclic) bond motifs is 4. The molecule has 0 spiro atoms. The third-order valence-electron chi connectivity index (χ3n) is 9.55. The Kier molecular flexibility index (Phi) is 6.44. The molecule has 2 fully saturated rings. The van der Waals surface area contributed by atoms with Crippen LogP contribution >= 0.6 is 0 Å². The molecule has 7 rings (SSSR count). The van der Waals surface area contributed by atoms with Crippen LogP contribution in [-0.4, -0.2) is 12.1 Å². The molecule has 5 nitrogen and oxygen atoms in total. The topological polar surface area (TPSA) is 63.7 Å². The predicted molar refractivity (Wildman–Crippen MR) is 168 cm³/mol. The van der Waals surface area contributed by atoms with Crippen LogP contribution in [-0.2, 0) is 5.41 Å². The van der Waals surface area contributed by atoms with Gasteiger partial charge in [0.25, 0.3) is 0 Å². The van der Waals surface area contributed by atoms with Crippen LogP contribution in [0.15, 0.2) is 67.0 Å². The summed E-state index contributed by atoms with van der Waals surface area (Å²) in [5.41, 5.74) is 3.86. The Bertz CT molecular complexity index is 1880.